The number of carbonyl (C=O) groups is 1. The lowest BCUT2D eigenvalue weighted by atomic mass is 10.1. The number of nitrogens with one attached hydrogen (secondary N) is 1. The first-order chi connectivity index (χ1) is 9.47. The highest BCUT2D eigenvalue weighted by Crippen LogP contribution is 2.19. The van der Waals surface area contributed by atoms with Gasteiger partial charge in [0.1, 0.15) is 11.0 Å². The highest BCUT2D eigenvalue weighted by Gasteiger charge is 2.12. The van der Waals surface area contributed by atoms with E-state index in [1.807, 2.05) is 13.8 Å². The number of rotatable bonds is 3. The van der Waals surface area contributed by atoms with Gasteiger partial charge in [0.2, 0.25) is 0 Å². The molecule has 0 aliphatic rings. The van der Waals surface area contributed by atoms with Crippen molar-refractivity contribution in [1.82, 2.24) is 4.98 Å². The van der Waals surface area contributed by atoms with E-state index in [1.54, 1.807) is 18.2 Å². The summed E-state index contributed by atoms with van der Waals surface area (Å²) < 4.78 is 13.5. The first-order valence-electron chi connectivity index (χ1n) is 6.20. The lowest BCUT2D eigenvalue weighted by Gasteiger charge is -2.09. The molecule has 0 spiro atoms. The number of pyridine rings is 1. The van der Waals surface area contributed by atoms with Crippen LogP contribution < -0.4 is 5.32 Å². The maximum absolute atomic E-state index is 13.5. The molecule has 0 radical (unpaired) electrons. The maximum atomic E-state index is 13.5. The molecule has 0 aliphatic heterocycles. The van der Waals surface area contributed by atoms with Crippen LogP contribution in [0.3, 0.4) is 0 Å². The van der Waals surface area contributed by atoms with E-state index in [-0.39, 0.29) is 16.8 Å². The van der Waals surface area contributed by atoms with Gasteiger partial charge in [0, 0.05) is 11.3 Å². The van der Waals surface area contributed by atoms with E-state index < -0.39 is 11.7 Å². The van der Waals surface area contributed by atoms with Crippen LogP contribution in [0.4, 0.5) is 10.1 Å². The number of hydrogen-bond donors (Lipinski definition) is 1. The molecule has 104 valence electrons. The highest BCUT2D eigenvalue weighted by molar-refractivity contribution is 6.29. The average molecular weight is 293 g/mol. The normalized spacial score (nSPS) is 10.7. The summed E-state index contributed by atoms with van der Waals surface area (Å²) in [5, 5.41) is 2.76. The van der Waals surface area contributed by atoms with Crippen molar-refractivity contribution in [1.29, 1.82) is 0 Å². The molecule has 1 heterocycles. The molecular weight excluding hydrogens is 279 g/mol. The van der Waals surface area contributed by atoms with Gasteiger partial charge in [-0.2, -0.15) is 0 Å². The Labute approximate surface area is 121 Å². The number of amides is 1. The Morgan fingerprint density at radius 2 is 2.00 bits per heavy atom. The molecule has 0 fully saturated rings. The molecule has 2 rings (SSSR count). The van der Waals surface area contributed by atoms with Gasteiger partial charge < -0.3 is 5.32 Å². The summed E-state index contributed by atoms with van der Waals surface area (Å²) in [5.41, 5.74) is 1.21. The molecule has 20 heavy (non-hydrogen) atoms. The zero-order valence-electron chi connectivity index (χ0n) is 11.2. The molecule has 0 unspecified atom stereocenters. The first-order valence-corrected chi connectivity index (χ1v) is 6.58. The minimum atomic E-state index is -0.481. The average Bonchev–Trinajstić information content (AvgIpc) is 2.40. The van der Waals surface area contributed by atoms with E-state index in [9.17, 15) is 9.18 Å². The zero-order chi connectivity index (χ0) is 14.7. The fourth-order valence-corrected chi connectivity index (χ4v) is 1.92. The lowest BCUT2D eigenvalue weighted by Crippen LogP contribution is -2.14. The summed E-state index contributed by atoms with van der Waals surface area (Å²) in [7, 11) is 0. The first kappa shape index (κ1) is 14.5. The third-order valence-corrected chi connectivity index (χ3v) is 2.98. The van der Waals surface area contributed by atoms with E-state index in [1.165, 1.54) is 18.2 Å². The van der Waals surface area contributed by atoms with Crippen LogP contribution in [0.25, 0.3) is 0 Å². The Morgan fingerprint density at radius 3 is 2.65 bits per heavy atom. The number of hydrogen-bond acceptors (Lipinski definition) is 2. The van der Waals surface area contributed by atoms with Gasteiger partial charge in [-0.1, -0.05) is 37.6 Å². The SMILES string of the molecule is CC(C)c1cc(C(=O)Nc2ccccc2F)cc(Cl)n1. The minimum Gasteiger partial charge on any atom is -0.319 e. The molecule has 0 bridgehead atoms. The zero-order valence-corrected chi connectivity index (χ0v) is 11.9. The fourth-order valence-electron chi connectivity index (χ4n) is 1.70. The molecule has 0 atom stereocenters. The van der Waals surface area contributed by atoms with E-state index >= 15 is 0 Å². The van der Waals surface area contributed by atoms with Crippen molar-refractivity contribution in [2.45, 2.75) is 19.8 Å². The van der Waals surface area contributed by atoms with Gasteiger partial charge in [-0.15, -0.1) is 0 Å². The molecule has 2 aromatic rings. The van der Waals surface area contributed by atoms with E-state index in [0.717, 1.165) is 5.69 Å². The van der Waals surface area contributed by atoms with Gasteiger partial charge in [-0.3, -0.25) is 4.79 Å². The van der Waals surface area contributed by atoms with Crippen molar-refractivity contribution in [3.63, 3.8) is 0 Å². The Balaban J connectivity index is 2.28. The van der Waals surface area contributed by atoms with Crippen LogP contribution in [0, 0.1) is 5.82 Å². The van der Waals surface area contributed by atoms with Crippen molar-refractivity contribution >= 4 is 23.2 Å². The predicted molar refractivity (Wildman–Crippen MR) is 77.7 cm³/mol. The molecular formula is C15H14ClFN2O. The van der Waals surface area contributed by atoms with Crippen LogP contribution in [-0.2, 0) is 0 Å². The van der Waals surface area contributed by atoms with Crippen molar-refractivity contribution in [2.75, 3.05) is 5.32 Å². The Bertz CT molecular complexity index is 644. The van der Waals surface area contributed by atoms with Gasteiger partial charge in [-0.05, 0) is 30.2 Å². The van der Waals surface area contributed by atoms with E-state index in [0.29, 0.717) is 5.56 Å². The van der Waals surface area contributed by atoms with Crippen LogP contribution >= 0.6 is 11.6 Å². The molecule has 1 N–H and O–H groups in total. The van der Waals surface area contributed by atoms with Crippen molar-refractivity contribution in [2.24, 2.45) is 0 Å². The number of aromatic nitrogens is 1. The standard InChI is InChI=1S/C15H14ClFN2O/c1-9(2)13-7-10(8-14(16)18-13)15(20)19-12-6-4-3-5-11(12)17/h3-9H,1-2H3,(H,19,20). The van der Waals surface area contributed by atoms with Crippen molar-refractivity contribution < 1.29 is 9.18 Å². The van der Waals surface area contributed by atoms with Crippen LogP contribution in [0.5, 0.6) is 0 Å². The number of benzene rings is 1. The monoisotopic (exact) mass is 292 g/mol. The summed E-state index contributed by atoms with van der Waals surface area (Å²) in [6.07, 6.45) is 0. The molecule has 1 amide bonds. The van der Waals surface area contributed by atoms with Gasteiger partial charge in [-0.25, -0.2) is 9.37 Å². The van der Waals surface area contributed by atoms with Crippen LogP contribution in [0.15, 0.2) is 36.4 Å². The van der Waals surface area contributed by atoms with E-state index in [4.69, 9.17) is 11.6 Å². The summed E-state index contributed by atoms with van der Waals surface area (Å²) in [4.78, 5) is 16.3. The number of carbonyl (C=O) groups excluding carboxylic acids is 1. The molecule has 0 saturated carbocycles. The lowest BCUT2D eigenvalue weighted by molar-refractivity contribution is 0.102. The predicted octanol–water partition coefficient (Wildman–Crippen LogP) is 4.25. The second-order valence-corrected chi connectivity index (χ2v) is 5.08. The molecule has 5 heteroatoms. The second-order valence-electron chi connectivity index (χ2n) is 4.69. The Morgan fingerprint density at radius 1 is 1.30 bits per heavy atom. The van der Waals surface area contributed by atoms with Crippen molar-refractivity contribution in [3.8, 4) is 0 Å². The maximum Gasteiger partial charge on any atom is 0.255 e. The number of nitrogens with zero attached hydrogens (tertiary/aromatic N) is 1. The number of halogens is 2. The Kier molecular flexibility index (Phi) is 4.35. The van der Waals surface area contributed by atoms with Crippen LogP contribution in [-0.4, -0.2) is 10.9 Å². The van der Waals surface area contributed by atoms with Gasteiger partial charge in [0.25, 0.3) is 5.91 Å². The highest BCUT2D eigenvalue weighted by atomic mass is 35.5. The molecule has 3 nitrogen and oxygen atoms in total. The van der Waals surface area contributed by atoms with E-state index in [2.05, 4.69) is 10.3 Å². The van der Waals surface area contributed by atoms with Crippen LogP contribution in [0.1, 0.15) is 35.8 Å². The Hall–Kier alpha value is -1.94. The number of anilines is 1. The summed E-state index contributed by atoms with van der Waals surface area (Å²) in [6, 6.07) is 9.12. The van der Waals surface area contributed by atoms with Crippen LogP contribution in [0.2, 0.25) is 5.15 Å². The molecule has 1 aromatic heterocycles. The fraction of sp³-hybridized carbons (Fsp3) is 0.200. The smallest absolute Gasteiger partial charge is 0.255 e. The topological polar surface area (TPSA) is 42.0 Å². The second kappa shape index (κ2) is 6.01. The summed E-state index contributed by atoms with van der Waals surface area (Å²) >= 11 is 5.91. The minimum absolute atomic E-state index is 0.136. The van der Waals surface area contributed by atoms with Crippen molar-refractivity contribution in [3.05, 3.63) is 58.6 Å². The molecule has 0 aliphatic carbocycles. The molecule has 1 aromatic carbocycles. The third-order valence-electron chi connectivity index (χ3n) is 2.79. The largest absolute Gasteiger partial charge is 0.319 e. The quantitative estimate of drug-likeness (QED) is 0.859. The van der Waals surface area contributed by atoms with Gasteiger partial charge in [0.05, 0.1) is 5.69 Å². The third kappa shape index (κ3) is 3.33. The molecule has 0 saturated heterocycles. The number of para-hydroxylation sites is 1. The summed E-state index contributed by atoms with van der Waals surface area (Å²) in [6.45, 7) is 3.91. The van der Waals surface area contributed by atoms with Gasteiger partial charge >= 0.3 is 0 Å². The summed E-state index contributed by atoms with van der Waals surface area (Å²) in [5.74, 6) is -0.750. The van der Waals surface area contributed by atoms with Gasteiger partial charge in [0.15, 0.2) is 0 Å².